The van der Waals surface area contributed by atoms with E-state index >= 15 is 0 Å². The van der Waals surface area contributed by atoms with Crippen LogP contribution in [0.15, 0.2) is 30.3 Å². The number of aliphatic hydroxyl groups excluding tert-OH is 1. The number of nitrogens with zero attached hydrogens (tertiary/aromatic N) is 1. The molecule has 0 aliphatic carbocycles. The zero-order valence-corrected chi connectivity index (χ0v) is 12.1. The van der Waals surface area contributed by atoms with Gasteiger partial charge in [-0.1, -0.05) is 30.3 Å². The molecule has 19 heavy (non-hydrogen) atoms. The first-order valence-electron chi connectivity index (χ1n) is 6.47. The Morgan fingerprint density at radius 1 is 1.32 bits per heavy atom. The van der Waals surface area contributed by atoms with Crippen molar-refractivity contribution in [3.63, 3.8) is 0 Å². The Balaban J connectivity index is 2.42. The quantitative estimate of drug-likeness (QED) is 0.910. The molecule has 1 atom stereocenters. The fourth-order valence-corrected chi connectivity index (χ4v) is 1.59. The minimum atomic E-state index is -0.564. The molecule has 4 heteroatoms. The largest absolute Gasteiger partial charge is 0.444 e. The summed E-state index contributed by atoms with van der Waals surface area (Å²) in [6.45, 7) is 5.94. The molecule has 1 aromatic rings. The number of aliphatic hydroxyl groups is 1. The molecule has 0 unspecified atom stereocenters. The molecular weight excluding hydrogens is 242 g/mol. The zero-order chi connectivity index (χ0) is 14.5. The second kappa shape index (κ2) is 6.57. The molecule has 4 nitrogen and oxygen atoms in total. The topological polar surface area (TPSA) is 49.8 Å². The summed E-state index contributed by atoms with van der Waals surface area (Å²) in [6, 6.07) is 9.42. The van der Waals surface area contributed by atoms with Gasteiger partial charge in [-0.25, -0.2) is 4.79 Å². The van der Waals surface area contributed by atoms with E-state index in [1.165, 1.54) is 4.90 Å². The van der Waals surface area contributed by atoms with E-state index in [1.807, 2.05) is 51.1 Å². The Bertz CT molecular complexity index is 398. The molecule has 1 aromatic carbocycles. The maximum absolute atomic E-state index is 11.7. The van der Waals surface area contributed by atoms with Gasteiger partial charge in [0, 0.05) is 13.6 Å². The average Bonchev–Trinajstić information content (AvgIpc) is 2.34. The molecule has 106 valence electrons. The van der Waals surface area contributed by atoms with Crippen LogP contribution in [0.25, 0.3) is 0 Å². The summed E-state index contributed by atoms with van der Waals surface area (Å²) in [5, 5.41) is 10.0. The van der Waals surface area contributed by atoms with Crippen molar-refractivity contribution in [2.45, 2.75) is 38.9 Å². The highest BCUT2D eigenvalue weighted by molar-refractivity contribution is 5.67. The van der Waals surface area contributed by atoms with Crippen LogP contribution >= 0.6 is 0 Å². The smallest absolute Gasteiger partial charge is 0.410 e. The molecule has 0 saturated carbocycles. The Morgan fingerprint density at radius 2 is 1.89 bits per heavy atom. The van der Waals surface area contributed by atoms with E-state index in [0.717, 1.165) is 5.56 Å². The van der Waals surface area contributed by atoms with Crippen LogP contribution in [-0.4, -0.2) is 35.3 Å². The SMILES string of the molecule is CN(CC[C@@H](O)c1ccccc1)C(=O)OC(C)(C)C. The van der Waals surface area contributed by atoms with E-state index in [2.05, 4.69) is 0 Å². The molecule has 1 amide bonds. The van der Waals surface area contributed by atoms with Crippen molar-refractivity contribution < 1.29 is 14.6 Å². The van der Waals surface area contributed by atoms with Crippen LogP contribution in [0.5, 0.6) is 0 Å². The molecule has 0 heterocycles. The van der Waals surface area contributed by atoms with Crippen LogP contribution in [-0.2, 0) is 4.74 Å². The fourth-order valence-electron chi connectivity index (χ4n) is 1.59. The molecule has 0 fully saturated rings. The van der Waals surface area contributed by atoms with E-state index in [9.17, 15) is 9.90 Å². The number of ether oxygens (including phenoxy) is 1. The minimum Gasteiger partial charge on any atom is -0.444 e. The third kappa shape index (κ3) is 5.75. The second-order valence-electron chi connectivity index (χ2n) is 5.62. The molecule has 1 N–H and O–H groups in total. The standard InChI is InChI=1S/C15H23NO3/c1-15(2,3)19-14(18)16(4)11-10-13(17)12-8-6-5-7-9-12/h5-9,13,17H,10-11H2,1-4H3/t13-/m1/s1. The summed E-state index contributed by atoms with van der Waals surface area (Å²) in [5.41, 5.74) is 0.365. The third-order valence-electron chi connectivity index (χ3n) is 2.63. The van der Waals surface area contributed by atoms with Gasteiger partial charge in [0.1, 0.15) is 5.60 Å². The number of carbonyl (C=O) groups is 1. The van der Waals surface area contributed by atoms with Gasteiger partial charge in [-0.15, -0.1) is 0 Å². The van der Waals surface area contributed by atoms with Crippen molar-refractivity contribution in [3.8, 4) is 0 Å². The number of rotatable bonds is 4. The molecule has 0 spiro atoms. The van der Waals surface area contributed by atoms with Crippen LogP contribution in [0, 0.1) is 0 Å². The van der Waals surface area contributed by atoms with Crippen molar-refractivity contribution >= 4 is 6.09 Å². The van der Waals surface area contributed by atoms with Crippen LogP contribution < -0.4 is 0 Å². The van der Waals surface area contributed by atoms with Gasteiger partial charge in [-0.3, -0.25) is 0 Å². The molecule has 0 bridgehead atoms. The first-order valence-corrected chi connectivity index (χ1v) is 6.47. The molecule has 0 aliphatic rings. The molecule has 0 saturated heterocycles. The Kier molecular flexibility index (Phi) is 5.36. The highest BCUT2D eigenvalue weighted by atomic mass is 16.6. The summed E-state index contributed by atoms with van der Waals surface area (Å²) < 4.78 is 5.24. The molecule has 0 radical (unpaired) electrons. The molecule has 0 aromatic heterocycles. The Labute approximate surface area is 115 Å². The lowest BCUT2D eigenvalue weighted by atomic mass is 10.1. The summed E-state index contributed by atoms with van der Waals surface area (Å²) in [5.74, 6) is 0. The van der Waals surface area contributed by atoms with Crippen molar-refractivity contribution in [1.82, 2.24) is 4.90 Å². The number of amides is 1. The normalized spacial score (nSPS) is 12.9. The monoisotopic (exact) mass is 265 g/mol. The first kappa shape index (κ1) is 15.5. The van der Waals surface area contributed by atoms with Crippen molar-refractivity contribution in [3.05, 3.63) is 35.9 Å². The summed E-state index contributed by atoms with van der Waals surface area (Å²) in [6.07, 6.45) is -0.446. The number of hydrogen-bond donors (Lipinski definition) is 1. The van der Waals surface area contributed by atoms with Crippen molar-refractivity contribution in [2.24, 2.45) is 0 Å². The average molecular weight is 265 g/mol. The maximum Gasteiger partial charge on any atom is 0.410 e. The molecule has 0 aliphatic heterocycles. The van der Waals surface area contributed by atoms with E-state index < -0.39 is 11.7 Å². The third-order valence-corrected chi connectivity index (χ3v) is 2.63. The maximum atomic E-state index is 11.7. The van der Waals surface area contributed by atoms with E-state index in [-0.39, 0.29) is 6.09 Å². The lowest BCUT2D eigenvalue weighted by Crippen LogP contribution is -2.35. The van der Waals surface area contributed by atoms with Crippen molar-refractivity contribution in [2.75, 3.05) is 13.6 Å². The fraction of sp³-hybridized carbons (Fsp3) is 0.533. The van der Waals surface area contributed by atoms with Gasteiger partial charge in [-0.05, 0) is 32.8 Å². The van der Waals surface area contributed by atoms with Gasteiger partial charge in [-0.2, -0.15) is 0 Å². The highest BCUT2D eigenvalue weighted by Gasteiger charge is 2.20. The Hall–Kier alpha value is -1.55. The van der Waals surface area contributed by atoms with Gasteiger partial charge in [0.25, 0.3) is 0 Å². The minimum absolute atomic E-state index is 0.368. The zero-order valence-electron chi connectivity index (χ0n) is 12.1. The summed E-state index contributed by atoms with van der Waals surface area (Å²) in [4.78, 5) is 13.2. The second-order valence-corrected chi connectivity index (χ2v) is 5.62. The van der Waals surface area contributed by atoms with Gasteiger partial charge in [0.05, 0.1) is 6.10 Å². The predicted molar refractivity (Wildman–Crippen MR) is 74.9 cm³/mol. The predicted octanol–water partition coefficient (Wildman–Crippen LogP) is 2.98. The van der Waals surface area contributed by atoms with E-state index in [1.54, 1.807) is 7.05 Å². The highest BCUT2D eigenvalue weighted by Crippen LogP contribution is 2.17. The van der Waals surface area contributed by atoms with E-state index in [0.29, 0.717) is 13.0 Å². The number of carbonyl (C=O) groups excluding carboxylic acids is 1. The number of benzene rings is 1. The van der Waals surface area contributed by atoms with Crippen LogP contribution in [0.2, 0.25) is 0 Å². The summed E-state index contributed by atoms with van der Waals surface area (Å²) >= 11 is 0. The lowest BCUT2D eigenvalue weighted by molar-refractivity contribution is 0.0273. The van der Waals surface area contributed by atoms with Gasteiger partial charge >= 0.3 is 6.09 Å². The van der Waals surface area contributed by atoms with Crippen LogP contribution in [0.1, 0.15) is 38.9 Å². The number of hydrogen-bond acceptors (Lipinski definition) is 3. The molecule has 1 rings (SSSR count). The van der Waals surface area contributed by atoms with Crippen LogP contribution in [0.4, 0.5) is 4.79 Å². The van der Waals surface area contributed by atoms with Gasteiger partial charge < -0.3 is 14.7 Å². The first-order chi connectivity index (χ1) is 8.79. The lowest BCUT2D eigenvalue weighted by Gasteiger charge is -2.25. The van der Waals surface area contributed by atoms with Gasteiger partial charge in [0.2, 0.25) is 0 Å². The van der Waals surface area contributed by atoms with Crippen LogP contribution in [0.3, 0.4) is 0 Å². The Morgan fingerprint density at radius 3 is 2.42 bits per heavy atom. The van der Waals surface area contributed by atoms with Gasteiger partial charge in [0.15, 0.2) is 0 Å². The van der Waals surface area contributed by atoms with E-state index in [4.69, 9.17) is 4.74 Å². The van der Waals surface area contributed by atoms with Crippen molar-refractivity contribution in [1.29, 1.82) is 0 Å². The molecular formula is C15H23NO3. The summed E-state index contributed by atoms with van der Waals surface area (Å²) in [7, 11) is 1.67.